The molecule has 0 bridgehead atoms. The maximum atomic E-state index is 12.3. The van der Waals surface area contributed by atoms with Crippen LogP contribution in [0.5, 0.6) is 0 Å². The second kappa shape index (κ2) is 5.95. The second-order valence-electron chi connectivity index (χ2n) is 4.86. The Morgan fingerprint density at radius 3 is 3.11 bits per heavy atom. The lowest BCUT2D eigenvalue weighted by atomic mass is 9.95. The largest absolute Gasteiger partial charge is 0.396 e. The van der Waals surface area contributed by atoms with Crippen molar-refractivity contribution in [3.8, 4) is 0 Å². The van der Waals surface area contributed by atoms with Crippen molar-refractivity contribution in [3.63, 3.8) is 0 Å². The lowest BCUT2D eigenvalue weighted by Crippen LogP contribution is -2.43. The van der Waals surface area contributed by atoms with Crippen LogP contribution in [0, 0.1) is 5.92 Å². The van der Waals surface area contributed by atoms with Gasteiger partial charge in [0.15, 0.2) is 0 Å². The molecule has 1 aromatic heterocycles. The number of hydrogen-bond donors (Lipinski definition) is 1. The molecule has 2 rings (SSSR count). The van der Waals surface area contributed by atoms with Crippen LogP contribution in [0.2, 0.25) is 0 Å². The number of hydrogen-bond acceptors (Lipinski definition) is 4. The van der Waals surface area contributed by atoms with E-state index in [1.54, 1.807) is 11.0 Å². The summed E-state index contributed by atoms with van der Waals surface area (Å²) in [6, 6.07) is -0.305. The first-order chi connectivity index (χ1) is 8.72. The SMILES string of the molecule is CC(C(=O)N1CCCC(CCO)C1)n1cncn1. The van der Waals surface area contributed by atoms with Gasteiger partial charge in [-0.05, 0) is 32.1 Å². The van der Waals surface area contributed by atoms with Crippen LogP contribution in [0.25, 0.3) is 0 Å². The topological polar surface area (TPSA) is 71.2 Å². The van der Waals surface area contributed by atoms with Gasteiger partial charge < -0.3 is 10.0 Å². The summed E-state index contributed by atoms with van der Waals surface area (Å²) in [6.45, 7) is 3.59. The maximum absolute atomic E-state index is 12.3. The monoisotopic (exact) mass is 252 g/mol. The number of piperidine rings is 1. The van der Waals surface area contributed by atoms with Crippen molar-refractivity contribution in [2.75, 3.05) is 19.7 Å². The fourth-order valence-electron chi connectivity index (χ4n) is 2.48. The van der Waals surface area contributed by atoms with Gasteiger partial charge in [0.2, 0.25) is 5.91 Å². The minimum Gasteiger partial charge on any atom is -0.396 e. The first-order valence-corrected chi connectivity index (χ1v) is 6.46. The highest BCUT2D eigenvalue weighted by Crippen LogP contribution is 2.21. The number of rotatable bonds is 4. The van der Waals surface area contributed by atoms with E-state index in [2.05, 4.69) is 10.1 Å². The average molecular weight is 252 g/mol. The molecule has 0 radical (unpaired) electrons. The first-order valence-electron chi connectivity index (χ1n) is 6.46. The first kappa shape index (κ1) is 13.0. The summed E-state index contributed by atoms with van der Waals surface area (Å²) in [5.74, 6) is 0.513. The summed E-state index contributed by atoms with van der Waals surface area (Å²) in [5, 5.41) is 13.0. The molecule has 0 saturated carbocycles. The molecule has 1 N–H and O–H groups in total. The minimum absolute atomic E-state index is 0.0862. The summed E-state index contributed by atoms with van der Waals surface area (Å²) in [7, 11) is 0. The van der Waals surface area contributed by atoms with Crippen molar-refractivity contribution in [1.82, 2.24) is 19.7 Å². The van der Waals surface area contributed by atoms with E-state index in [9.17, 15) is 4.79 Å². The van der Waals surface area contributed by atoms with E-state index in [0.717, 1.165) is 32.4 Å². The Morgan fingerprint density at radius 1 is 1.61 bits per heavy atom. The molecular weight excluding hydrogens is 232 g/mol. The van der Waals surface area contributed by atoms with Gasteiger partial charge in [0.1, 0.15) is 18.7 Å². The van der Waals surface area contributed by atoms with Gasteiger partial charge in [-0.2, -0.15) is 5.10 Å². The quantitative estimate of drug-likeness (QED) is 0.845. The minimum atomic E-state index is -0.305. The van der Waals surface area contributed by atoms with Gasteiger partial charge in [0.05, 0.1) is 0 Å². The zero-order chi connectivity index (χ0) is 13.0. The molecule has 6 heteroatoms. The van der Waals surface area contributed by atoms with Gasteiger partial charge in [-0.15, -0.1) is 0 Å². The Morgan fingerprint density at radius 2 is 2.44 bits per heavy atom. The number of aliphatic hydroxyl groups excluding tert-OH is 1. The molecule has 1 aliphatic rings. The molecule has 0 aliphatic carbocycles. The third kappa shape index (κ3) is 2.87. The van der Waals surface area contributed by atoms with Crippen molar-refractivity contribution < 1.29 is 9.90 Å². The number of likely N-dealkylation sites (tertiary alicyclic amines) is 1. The molecule has 1 saturated heterocycles. The van der Waals surface area contributed by atoms with Crippen molar-refractivity contribution >= 4 is 5.91 Å². The van der Waals surface area contributed by atoms with E-state index >= 15 is 0 Å². The fraction of sp³-hybridized carbons (Fsp3) is 0.750. The van der Waals surface area contributed by atoms with E-state index in [1.807, 2.05) is 11.8 Å². The zero-order valence-corrected chi connectivity index (χ0v) is 10.7. The Kier molecular flexibility index (Phi) is 4.30. The van der Waals surface area contributed by atoms with Crippen LogP contribution in [0.4, 0.5) is 0 Å². The third-order valence-electron chi connectivity index (χ3n) is 3.56. The van der Waals surface area contributed by atoms with Crippen LogP contribution in [0.3, 0.4) is 0 Å². The van der Waals surface area contributed by atoms with Crippen LogP contribution in [-0.4, -0.2) is 50.4 Å². The predicted octanol–water partition coefficient (Wildman–Crippen LogP) is 0.460. The number of aromatic nitrogens is 3. The maximum Gasteiger partial charge on any atom is 0.247 e. The molecule has 0 spiro atoms. The molecule has 2 unspecified atom stereocenters. The van der Waals surface area contributed by atoms with E-state index < -0.39 is 0 Å². The van der Waals surface area contributed by atoms with E-state index in [4.69, 9.17) is 5.11 Å². The standard InChI is InChI=1S/C12H20N4O2/c1-10(16-9-13-8-14-16)12(18)15-5-2-3-11(7-15)4-6-17/h8-11,17H,2-7H2,1H3. The summed E-state index contributed by atoms with van der Waals surface area (Å²) in [5.41, 5.74) is 0. The van der Waals surface area contributed by atoms with E-state index in [-0.39, 0.29) is 18.6 Å². The van der Waals surface area contributed by atoms with Gasteiger partial charge in [0, 0.05) is 19.7 Å². The molecule has 1 amide bonds. The number of carbonyl (C=O) groups excluding carboxylic acids is 1. The normalized spacial score (nSPS) is 21.9. The molecule has 1 aromatic rings. The zero-order valence-electron chi connectivity index (χ0n) is 10.7. The van der Waals surface area contributed by atoms with Crippen LogP contribution in [-0.2, 0) is 4.79 Å². The third-order valence-corrected chi connectivity index (χ3v) is 3.56. The number of nitrogens with zero attached hydrogens (tertiary/aromatic N) is 4. The highest BCUT2D eigenvalue weighted by molar-refractivity contribution is 5.80. The van der Waals surface area contributed by atoms with E-state index in [1.165, 1.54) is 6.33 Å². The lowest BCUT2D eigenvalue weighted by molar-refractivity contribution is -0.136. The molecule has 2 atom stereocenters. The molecule has 1 aliphatic heterocycles. The van der Waals surface area contributed by atoms with Crippen LogP contribution < -0.4 is 0 Å². The molecular formula is C12H20N4O2. The van der Waals surface area contributed by atoms with Crippen LogP contribution >= 0.6 is 0 Å². The average Bonchev–Trinajstić information content (AvgIpc) is 2.91. The summed E-state index contributed by atoms with van der Waals surface area (Å²) in [6.07, 6.45) is 5.90. The second-order valence-corrected chi connectivity index (χ2v) is 4.86. The summed E-state index contributed by atoms with van der Waals surface area (Å²) in [4.78, 5) is 18.1. The Balaban J connectivity index is 1.96. The fourth-order valence-corrected chi connectivity index (χ4v) is 2.48. The van der Waals surface area contributed by atoms with E-state index in [0.29, 0.717) is 5.92 Å². The van der Waals surface area contributed by atoms with Crippen molar-refractivity contribution in [3.05, 3.63) is 12.7 Å². The lowest BCUT2D eigenvalue weighted by Gasteiger charge is -2.34. The van der Waals surface area contributed by atoms with Gasteiger partial charge in [-0.1, -0.05) is 0 Å². The van der Waals surface area contributed by atoms with Gasteiger partial charge in [-0.25, -0.2) is 9.67 Å². The molecule has 100 valence electrons. The van der Waals surface area contributed by atoms with Crippen molar-refractivity contribution in [2.24, 2.45) is 5.92 Å². The molecule has 0 aromatic carbocycles. The summed E-state index contributed by atoms with van der Waals surface area (Å²) >= 11 is 0. The van der Waals surface area contributed by atoms with Crippen LogP contribution in [0.15, 0.2) is 12.7 Å². The Labute approximate surface area is 107 Å². The smallest absolute Gasteiger partial charge is 0.247 e. The number of carbonyl (C=O) groups is 1. The van der Waals surface area contributed by atoms with Gasteiger partial charge >= 0.3 is 0 Å². The Bertz CT molecular complexity index is 377. The van der Waals surface area contributed by atoms with Crippen LogP contribution in [0.1, 0.15) is 32.2 Å². The van der Waals surface area contributed by atoms with Gasteiger partial charge in [0.25, 0.3) is 0 Å². The van der Waals surface area contributed by atoms with Crippen molar-refractivity contribution in [1.29, 1.82) is 0 Å². The highest BCUT2D eigenvalue weighted by Gasteiger charge is 2.27. The Hall–Kier alpha value is -1.43. The van der Waals surface area contributed by atoms with Crippen molar-refractivity contribution in [2.45, 2.75) is 32.2 Å². The molecule has 1 fully saturated rings. The number of aliphatic hydroxyl groups is 1. The summed E-state index contributed by atoms with van der Waals surface area (Å²) < 4.78 is 1.58. The molecule has 2 heterocycles. The molecule has 6 nitrogen and oxygen atoms in total. The van der Waals surface area contributed by atoms with Gasteiger partial charge in [-0.3, -0.25) is 4.79 Å². The number of amides is 1. The predicted molar refractivity (Wildman–Crippen MR) is 65.7 cm³/mol. The molecule has 18 heavy (non-hydrogen) atoms. The highest BCUT2D eigenvalue weighted by atomic mass is 16.3.